The highest BCUT2D eigenvalue weighted by atomic mass is 35.5. The van der Waals surface area contributed by atoms with Gasteiger partial charge in [0, 0.05) is 6.04 Å². The zero-order chi connectivity index (χ0) is 17.0. The van der Waals surface area contributed by atoms with Gasteiger partial charge in [-0.1, -0.05) is 115 Å². The number of halogens is 1. The van der Waals surface area contributed by atoms with Crippen LogP contribution < -0.4 is 5.73 Å². The normalized spacial score (nSPS) is 12.7. The molecule has 1 unspecified atom stereocenters. The number of hydrogen-bond donors (Lipinski definition) is 1. The second-order valence-corrected chi connectivity index (χ2v) is 7.81. The molecule has 1 aromatic rings. The van der Waals surface area contributed by atoms with Crippen LogP contribution in [0.3, 0.4) is 0 Å². The lowest BCUT2D eigenvalue weighted by Gasteiger charge is -2.32. The zero-order valence-corrected chi connectivity index (χ0v) is 17.0. The van der Waals surface area contributed by atoms with Crippen LogP contribution in [0.1, 0.15) is 103 Å². The Kier molecular flexibility index (Phi) is 13.4. The lowest BCUT2D eigenvalue weighted by atomic mass is 9.77. The molecule has 0 heterocycles. The Morgan fingerprint density at radius 3 is 1.75 bits per heavy atom. The quantitative estimate of drug-likeness (QED) is 0.366. The van der Waals surface area contributed by atoms with Gasteiger partial charge in [-0.25, -0.2) is 0 Å². The molecule has 2 N–H and O–H groups in total. The molecule has 0 aliphatic carbocycles. The van der Waals surface area contributed by atoms with Crippen molar-refractivity contribution in [3.05, 3.63) is 35.9 Å². The third-order valence-electron chi connectivity index (χ3n) is 5.18. The first-order valence-electron chi connectivity index (χ1n) is 9.88. The molecule has 0 spiro atoms. The molecule has 0 amide bonds. The highest BCUT2D eigenvalue weighted by Gasteiger charge is 2.26. The van der Waals surface area contributed by atoms with Crippen LogP contribution in [0.2, 0.25) is 0 Å². The van der Waals surface area contributed by atoms with Gasteiger partial charge in [-0.05, 0) is 17.4 Å². The fraction of sp³-hybridized carbons (Fsp3) is 0.727. The average Bonchev–Trinajstić information content (AvgIpc) is 2.56. The summed E-state index contributed by atoms with van der Waals surface area (Å²) in [5, 5.41) is 0. The van der Waals surface area contributed by atoms with Crippen LogP contribution in [-0.2, 0) is 0 Å². The number of benzene rings is 1. The maximum Gasteiger partial charge on any atom is 0.0346 e. The number of hydrogen-bond acceptors (Lipinski definition) is 1. The predicted octanol–water partition coefficient (Wildman–Crippen LogP) is 7.45. The molecule has 140 valence electrons. The summed E-state index contributed by atoms with van der Waals surface area (Å²) < 4.78 is 0. The zero-order valence-electron chi connectivity index (χ0n) is 16.2. The van der Waals surface area contributed by atoms with Crippen molar-refractivity contribution >= 4 is 12.4 Å². The molecule has 1 atom stereocenters. The second-order valence-electron chi connectivity index (χ2n) is 7.81. The van der Waals surface area contributed by atoms with E-state index in [0.717, 1.165) is 0 Å². The molecule has 1 rings (SSSR count). The lowest BCUT2D eigenvalue weighted by molar-refractivity contribution is 0.255. The Bertz CT molecular complexity index is 388. The topological polar surface area (TPSA) is 26.0 Å². The summed E-state index contributed by atoms with van der Waals surface area (Å²) in [4.78, 5) is 0. The average molecular weight is 354 g/mol. The van der Waals surface area contributed by atoms with Gasteiger partial charge in [-0.3, -0.25) is 0 Å². The Hall–Kier alpha value is -0.530. The van der Waals surface area contributed by atoms with E-state index in [-0.39, 0.29) is 23.9 Å². The van der Waals surface area contributed by atoms with Crippen molar-refractivity contribution in [2.24, 2.45) is 11.1 Å². The summed E-state index contributed by atoms with van der Waals surface area (Å²) >= 11 is 0. The van der Waals surface area contributed by atoms with Gasteiger partial charge in [0.05, 0.1) is 0 Å². The van der Waals surface area contributed by atoms with Crippen molar-refractivity contribution in [2.75, 3.05) is 0 Å². The molecule has 2 heteroatoms. The molecule has 0 bridgehead atoms. The standard InChI is InChI=1S/C22H39N.ClH/c1-4-5-6-7-8-9-10-11-12-16-19-22(2,3)21(23)20-17-14-13-15-18-20;/h13-15,17-18,21H,4-12,16,19,23H2,1-3H3;1H. The van der Waals surface area contributed by atoms with Crippen LogP contribution in [-0.4, -0.2) is 0 Å². The van der Waals surface area contributed by atoms with E-state index in [0.29, 0.717) is 0 Å². The van der Waals surface area contributed by atoms with E-state index in [4.69, 9.17) is 5.73 Å². The summed E-state index contributed by atoms with van der Waals surface area (Å²) in [6.07, 6.45) is 15.2. The van der Waals surface area contributed by atoms with Crippen molar-refractivity contribution in [2.45, 2.75) is 97.4 Å². The van der Waals surface area contributed by atoms with Crippen LogP contribution in [0.25, 0.3) is 0 Å². The fourth-order valence-electron chi connectivity index (χ4n) is 3.34. The van der Waals surface area contributed by atoms with Gasteiger partial charge in [0.2, 0.25) is 0 Å². The minimum Gasteiger partial charge on any atom is -0.324 e. The second kappa shape index (κ2) is 13.7. The van der Waals surface area contributed by atoms with E-state index < -0.39 is 0 Å². The molecule has 0 saturated carbocycles. The third-order valence-corrected chi connectivity index (χ3v) is 5.18. The van der Waals surface area contributed by atoms with Crippen molar-refractivity contribution in [1.29, 1.82) is 0 Å². The van der Waals surface area contributed by atoms with Crippen molar-refractivity contribution < 1.29 is 0 Å². The van der Waals surface area contributed by atoms with Crippen LogP contribution in [0.4, 0.5) is 0 Å². The molecule has 0 radical (unpaired) electrons. The highest BCUT2D eigenvalue weighted by Crippen LogP contribution is 2.36. The minimum absolute atomic E-state index is 0. The molecule has 0 fully saturated rings. The van der Waals surface area contributed by atoms with E-state index in [1.165, 1.54) is 76.2 Å². The van der Waals surface area contributed by atoms with Gasteiger partial charge < -0.3 is 5.73 Å². The first-order valence-corrected chi connectivity index (χ1v) is 9.88. The number of rotatable bonds is 13. The molecular formula is C22H40ClN. The maximum atomic E-state index is 6.49. The Morgan fingerprint density at radius 1 is 0.792 bits per heavy atom. The summed E-state index contributed by atoms with van der Waals surface area (Å²) in [5.41, 5.74) is 7.94. The van der Waals surface area contributed by atoms with E-state index in [1.807, 2.05) is 0 Å². The molecule has 0 aliphatic rings. The molecular weight excluding hydrogens is 314 g/mol. The summed E-state index contributed by atoms with van der Waals surface area (Å²) in [6, 6.07) is 10.7. The first kappa shape index (κ1) is 23.5. The first-order chi connectivity index (χ1) is 11.1. The Balaban J connectivity index is 0.00000529. The molecule has 0 saturated heterocycles. The predicted molar refractivity (Wildman–Crippen MR) is 111 cm³/mol. The molecule has 1 aromatic carbocycles. The Morgan fingerprint density at radius 2 is 1.25 bits per heavy atom. The van der Waals surface area contributed by atoms with Gasteiger partial charge >= 0.3 is 0 Å². The van der Waals surface area contributed by atoms with E-state index in [9.17, 15) is 0 Å². The summed E-state index contributed by atoms with van der Waals surface area (Å²) in [6.45, 7) is 6.92. The van der Waals surface area contributed by atoms with Crippen molar-refractivity contribution in [3.63, 3.8) is 0 Å². The number of unbranched alkanes of at least 4 members (excludes halogenated alkanes) is 9. The van der Waals surface area contributed by atoms with Gasteiger partial charge in [0.1, 0.15) is 0 Å². The minimum atomic E-state index is 0. The van der Waals surface area contributed by atoms with Crippen LogP contribution in [0, 0.1) is 5.41 Å². The molecule has 0 aromatic heterocycles. The van der Waals surface area contributed by atoms with Crippen molar-refractivity contribution in [1.82, 2.24) is 0 Å². The fourth-order valence-corrected chi connectivity index (χ4v) is 3.34. The SMILES string of the molecule is CCCCCCCCCCCCC(C)(C)C(N)c1ccccc1.Cl. The lowest BCUT2D eigenvalue weighted by Crippen LogP contribution is -2.29. The van der Waals surface area contributed by atoms with Gasteiger partial charge in [0.25, 0.3) is 0 Å². The summed E-state index contributed by atoms with van der Waals surface area (Å²) in [5.74, 6) is 0. The third kappa shape index (κ3) is 9.69. The van der Waals surface area contributed by atoms with Crippen LogP contribution in [0.5, 0.6) is 0 Å². The molecule has 1 nitrogen and oxygen atoms in total. The van der Waals surface area contributed by atoms with Crippen LogP contribution in [0.15, 0.2) is 30.3 Å². The van der Waals surface area contributed by atoms with E-state index >= 15 is 0 Å². The van der Waals surface area contributed by atoms with E-state index in [2.05, 4.69) is 51.1 Å². The van der Waals surface area contributed by atoms with Gasteiger partial charge in [-0.15, -0.1) is 12.4 Å². The smallest absolute Gasteiger partial charge is 0.0346 e. The van der Waals surface area contributed by atoms with E-state index in [1.54, 1.807) is 0 Å². The number of nitrogens with two attached hydrogens (primary N) is 1. The van der Waals surface area contributed by atoms with Gasteiger partial charge in [-0.2, -0.15) is 0 Å². The Labute approximate surface area is 157 Å². The largest absolute Gasteiger partial charge is 0.324 e. The van der Waals surface area contributed by atoms with Gasteiger partial charge in [0.15, 0.2) is 0 Å². The maximum absolute atomic E-state index is 6.49. The van der Waals surface area contributed by atoms with Crippen LogP contribution >= 0.6 is 12.4 Å². The monoisotopic (exact) mass is 353 g/mol. The molecule has 24 heavy (non-hydrogen) atoms. The molecule has 0 aliphatic heterocycles. The van der Waals surface area contributed by atoms with Crippen molar-refractivity contribution in [3.8, 4) is 0 Å². The highest BCUT2D eigenvalue weighted by molar-refractivity contribution is 5.85. The summed E-state index contributed by atoms with van der Waals surface area (Å²) in [7, 11) is 0.